The van der Waals surface area contributed by atoms with Gasteiger partial charge in [-0.05, 0) is 35.4 Å². The zero-order valence-electron chi connectivity index (χ0n) is 13.2. The predicted molar refractivity (Wildman–Crippen MR) is 98.4 cm³/mol. The lowest BCUT2D eigenvalue weighted by Crippen LogP contribution is -2.04. The molecule has 0 fully saturated rings. The Labute approximate surface area is 142 Å². The van der Waals surface area contributed by atoms with Crippen LogP contribution in [0.4, 0.5) is 0 Å². The van der Waals surface area contributed by atoms with Crippen LogP contribution in [0.15, 0.2) is 89.8 Å². The average Bonchev–Trinajstić information content (AvgIpc) is 2.64. The summed E-state index contributed by atoms with van der Waals surface area (Å²) in [6, 6.07) is 29.7. The van der Waals surface area contributed by atoms with Crippen LogP contribution in [0, 0.1) is 0 Å². The van der Waals surface area contributed by atoms with Crippen molar-refractivity contribution < 1.29 is 4.74 Å². The zero-order chi connectivity index (χ0) is 15.9. The molecule has 0 saturated carbocycles. The molecule has 0 spiro atoms. The molecular formula is C21H20OS. The molecule has 3 aromatic rings. The van der Waals surface area contributed by atoms with Crippen molar-refractivity contribution >= 4 is 11.8 Å². The Kier molecular flexibility index (Phi) is 5.38. The second-order valence-electron chi connectivity index (χ2n) is 5.36. The Balaban J connectivity index is 1.84. The molecule has 0 aliphatic heterocycles. The fourth-order valence-corrected chi connectivity index (χ4v) is 3.70. The number of thioether (sulfide) groups is 1. The standard InChI is InChI=1S/C21H20OS/c1-22-19-14-12-18(13-15-19)21(17-8-4-2-5-9-17)16-23-20-10-6-3-7-11-20/h2-15,21H,16H2,1H3/t21-/m0/s1. The van der Waals surface area contributed by atoms with Crippen LogP contribution < -0.4 is 4.74 Å². The van der Waals surface area contributed by atoms with Gasteiger partial charge in [0, 0.05) is 16.6 Å². The quantitative estimate of drug-likeness (QED) is 0.545. The molecule has 0 radical (unpaired) electrons. The van der Waals surface area contributed by atoms with Gasteiger partial charge in [-0.3, -0.25) is 0 Å². The number of ether oxygens (including phenoxy) is 1. The molecule has 3 rings (SSSR count). The maximum Gasteiger partial charge on any atom is 0.118 e. The van der Waals surface area contributed by atoms with E-state index < -0.39 is 0 Å². The molecular weight excluding hydrogens is 300 g/mol. The largest absolute Gasteiger partial charge is 0.497 e. The van der Waals surface area contributed by atoms with E-state index in [9.17, 15) is 0 Å². The van der Waals surface area contributed by atoms with Crippen molar-refractivity contribution in [3.63, 3.8) is 0 Å². The molecule has 0 amide bonds. The lowest BCUT2D eigenvalue weighted by atomic mass is 9.93. The van der Waals surface area contributed by atoms with Crippen LogP contribution in [-0.4, -0.2) is 12.9 Å². The van der Waals surface area contributed by atoms with Crippen LogP contribution in [-0.2, 0) is 0 Å². The summed E-state index contributed by atoms with van der Waals surface area (Å²) in [5, 5.41) is 0. The lowest BCUT2D eigenvalue weighted by molar-refractivity contribution is 0.414. The van der Waals surface area contributed by atoms with Crippen molar-refractivity contribution in [2.45, 2.75) is 10.8 Å². The smallest absolute Gasteiger partial charge is 0.118 e. The summed E-state index contributed by atoms with van der Waals surface area (Å²) in [4.78, 5) is 1.31. The third-order valence-corrected chi connectivity index (χ3v) is 4.99. The molecule has 0 heterocycles. The summed E-state index contributed by atoms with van der Waals surface area (Å²) < 4.78 is 5.28. The van der Waals surface area contributed by atoms with Crippen molar-refractivity contribution in [1.82, 2.24) is 0 Å². The van der Waals surface area contributed by atoms with E-state index in [-0.39, 0.29) is 0 Å². The second kappa shape index (κ2) is 7.89. The van der Waals surface area contributed by atoms with Crippen molar-refractivity contribution in [3.8, 4) is 5.75 Å². The molecule has 0 aliphatic carbocycles. The SMILES string of the molecule is COc1ccc([C@@H](CSc2ccccc2)c2ccccc2)cc1. The molecule has 0 aliphatic rings. The van der Waals surface area contributed by atoms with Crippen molar-refractivity contribution in [3.05, 3.63) is 96.1 Å². The van der Waals surface area contributed by atoms with Crippen LogP contribution in [0.2, 0.25) is 0 Å². The molecule has 3 aromatic carbocycles. The number of hydrogen-bond acceptors (Lipinski definition) is 2. The van der Waals surface area contributed by atoms with E-state index in [1.807, 2.05) is 23.9 Å². The van der Waals surface area contributed by atoms with E-state index in [1.54, 1.807) is 7.11 Å². The summed E-state index contributed by atoms with van der Waals surface area (Å²) in [7, 11) is 1.70. The third-order valence-electron chi connectivity index (χ3n) is 3.88. The van der Waals surface area contributed by atoms with E-state index in [1.165, 1.54) is 16.0 Å². The molecule has 0 unspecified atom stereocenters. The van der Waals surface area contributed by atoms with Crippen molar-refractivity contribution in [2.24, 2.45) is 0 Å². The Hall–Kier alpha value is -2.19. The predicted octanol–water partition coefficient (Wildman–Crippen LogP) is 5.62. The molecule has 1 nitrogen and oxygen atoms in total. The van der Waals surface area contributed by atoms with Gasteiger partial charge in [-0.15, -0.1) is 11.8 Å². The highest BCUT2D eigenvalue weighted by atomic mass is 32.2. The molecule has 0 N–H and O–H groups in total. The Morgan fingerprint density at radius 2 is 1.30 bits per heavy atom. The number of rotatable bonds is 6. The topological polar surface area (TPSA) is 9.23 Å². The van der Waals surface area contributed by atoms with E-state index in [4.69, 9.17) is 4.74 Å². The summed E-state index contributed by atoms with van der Waals surface area (Å²) in [6.45, 7) is 0. The van der Waals surface area contributed by atoms with E-state index in [0.29, 0.717) is 5.92 Å². The Bertz CT molecular complexity index is 708. The fraction of sp³-hybridized carbons (Fsp3) is 0.143. The van der Waals surface area contributed by atoms with E-state index in [0.717, 1.165) is 11.5 Å². The minimum atomic E-state index is 0.368. The minimum absolute atomic E-state index is 0.368. The van der Waals surface area contributed by atoms with Gasteiger partial charge < -0.3 is 4.74 Å². The van der Waals surface area contributed by atoms with Gasteiger partial charge in [0.15, 0.2) is 0 Å². The Morgan fingerprint density at radius 3 is 1.91 bits per heavy atom. The van der Waals surface area contributed by atoms with Gasteiger partial charge in [-0.25, -0.2) is 0 Å². The first-order chi connectivity index (χ1) is 11.4. The van der Waals surface area contributed by atoms with Crippen molar-refractivity contribution in [1.29, 1.82) is 0 Å². The Morgan fingerprint density at radius 1 is 0.739 bits per heavy atom. The highest BCUT2D eigenvalue weighted by Gasteiger charge is 2.14. The first-order valence-corrected chi connectivity index (χ1v) is 8.72. The highest BCUT2D eigenvalue weighted by Crippen LogP contribution is 2.32. The van der Waals surface area contributed by atoms with Crippen LogP contribution in [0.25, 0.3) is 0 Å². The third kappa shape index (κ3) is 4.17. The summed E-state index contributed by atoms with van der Waals surface area (Å²) >= 11 is 1.90. The normalized spacial score (nSPS) is 11.9. The second-order valence-corrected chi connectivity index (χ2v) is 6.45. The first kappa shape index (κ1) is 15.7. The van der Waals surface area contributed by atoms with Gasteiger partial charge in [0.05, 0.1) is 7.11 Å². The first-order valence-electron chi connectivity index (χ1n) is 7.73. The van der Waals surface area contributed by atoms with E-state index in [2.05, 4.69) is 72.8 Å². The van der Waals surface area contributed by atoms with E-state index >= 15 is 0 Å². The lowest BCUT2D eigenvalue weighted by Gasteiger charge is -2.18. The van der Waals surface area contributed by atoms with Crippen LogP contribution in [0.3, 0.4) is 0 Å². The zero-order valence-corrected chi connectivity index (χ0v) is 14.0. The number of methoxy groups -OCH3 is 1. The van der Waals surface area contributed by atoms with Gasteiger partial charge in [0.2, 0.25) is 0 Å². The fourth-order valence-electron chi connectivity index (χ4n) is 2.60. The molecule has 116 valence electrons. The summed E-state index contributed by atoms with van der Waals surface area (Å²) in [5.41, 5.74) is 2.67. The maximum absolute atomic E-state index is 5.28. The summed E-state index contributed by atoms with van der Waals surface area (Å²) in [5.74, 6) is 2.28. The monoisotopic (exact) mass is 320 g/mol. The molecule has 2 heteroatoms. The highest BCUT2D eigenvalue weighted by molar-refractivity contribution is 7.99. The molecule has 23 heavy (non-hydrogen) atoms. The molecule has 0 bridgehead atoms. The average molecular weight is 320 g/mol. The van der Waals surface area contributed by atoms with Gasteiger partial charge in [0.25, 0.3) is 0 Å². The van der Waals surface area contributed by atoms with Gasteiger partial charge in [-0.2, -0.15) is 0 Å². The van der Waals surface area contributed by atoms with Crippen molar-refractivity contribution in [2.75, 3.05) is 12.9 Å². The van der Waals surface area contributed by atoms with Crippen LogP contribution in [0.5, 0.6) is 5.75 Å². The minimum Gasteiger partial charge on any atom is -0.497 e. The molecule has 1 atom stereocenters. The number of hydrogen-bond donors (Lipinski definition) is 0. The van der Waals surface area contributed by atoms with Gasteiger partial charge in [0.1, 0.15) is 5.75 Å². The van der Waals surface area contributed by atoms with Gasteiger partial charge in [-0.1, -0.05) is 60.7 Å². The molecule has 0 aromatic heterocycles. The molecule has 0 saturated heterocycles. The van der Waals surface area contributed by atoms with Gasteiger partial charge >= 0.3 is 0 Å². The number of benzene rings is 3. The van der Waals surface area contributed by atoms with Crippen LogP contribution in [0.1, 0.15) is 17.0 Å². The maximum atomic E-state index is 5.28. The summed E-state index contributed by atoms with van der Waals surface area (Å²) in [6.07, 6.45) is 0. The van der Waals surface area contributed by atoms with Crippen LogP contribution >= 0.6 is 11.8 Å².